The maximum absolute atomic E-state index is 2.43. The standard InChI is InChI=1S/C24H16/c1-2-4-18-14-23-19(13-17(18)3-1)9-10-22-20-11-12-21(24(22)23)16-7-5-15(20)6-8-16/h1-11,13-14,21H,12H2. The van der Waals surface area contributed by atoms with E-state index in [2.05, 4.69) is 78.9 Å². The highest BCUT2D eigenvalue weighted by Gasteiger charge is 2.28. The highest BCUT2D eigenvalue weighted by Crippen LogP contribution is 2.47. The van der Waals surface area contributed by atoms with E-state index in [1.54, 1.807) is 0 Å². The molecule has 0 aliphatic heterocycles. The van der Waals surface area contributed by atoms with E-state index >= 15 is 0 Å². The van der Waals surface area contributed by atoms with E-state index in [0.29, 0.717) is 5.92 Å². The molecule has 1 unspecified atom stereocenters. The quantitative estimate of drug-likeness (QED) is 0.336. The number of hydrogen-bond donors (Lipinski definition) is 0. The molecule has 0 heterocycles. The first-order valence-corrected chi connectivity index (χ1v) is 8.65. The van der Waals surface area contributed by atoms with Gasteiger partial charge in [0, 0.05) is 5.92 Å². The van der Waals surface area contributed by atoms with E-state index in [0.717, 1.165) is 6.42 Å². The van der Waals surface area contributed by atoms with Gasteiger partial charge in [0.15, 0.2) is 0 Å². The zero-order valence-electron chi connectivity index (χ0n) is 13.3. The molecule has 5 aliphatic rings. The van der Waals surface area contributed by atoms with Crippen molar-refractivity contribution in [1.82, 2.24) is 0 Å². The van der Waals surface area contributed by atoms with E-state index in [1.807, 2.05) is 0 Å². The summed E-state index contributed by atoms with van der Waals surface area (Å²) in [6.45, 7) is 0. The molecular weight excluding hydrogens is 288 g/mol. The fourth-order valence-corrected chi connectivity index (χ4v) is 4.58. The summed E-state index contributed by atoms with van der Waals surface area (Å²) >= 11 is 0. The van der Waals surface area contributed by atoms with Gasteiger partial charge in [0.05, 0.1) is 0 Å². The molecule has 9 rings (SSSR count). The Labute approximate surface area is 141 Å². The zero-order chi connectivity index (χ0) is 15.7. The third-order valence-corrected chi connectivity index (χ3v) is 5.75. The van der Waals surface area contributed by atoms with Gasteiger partial charge in [-0.15, -0.1) is 0 Å². The Morgan fingerprint density at radius 1 is 0.708 bits per heavy atom. The molecule has 4 aromatic carbocycles. The van der Waals surface area contributed by atoms with Crippen molar-refractivity contribution in [3.63, 3.8) is 0 Å². The van der Waals surface area contributed by atoms with Gasteiger partial charge in [-0.05, 0) is 67.9 Å². The first kappa shape index (κ1) is 12.5. The maximum atomic E-state index is 2.43. The van der Waals surface area contributed by atoms with Gasteiger partial charge >= 0.3 is 0 Å². The second-order valence-corrected chi connectivity index (χ2v) is 6.98. The Morgan fingerprint density at radius 2 is 1.50 bits per heavy atom. The van der Waals surface area contributed by atoms with Crippen LogP contribution >= 0.6 is 0 Å². The SMILES string of the molecule is C1=C2c3ccc(cc3)C(C1)c1c2ccc2cc3ccccc3cc12. The summed E-state index contributed by atoms with van der Waals surface area (Å²) in [5.74, 6) is 0.475. The molecular formula is C24H16. The number of fused-ring (bicyclic) bond motifs is 2. The first-order valence-electron chi connectivity index (χ1n) is 8.65. The second kappa shape index (κ2) is 4.36. The van der Waals surface area contributed by atoms with Crippen molar-refractivity contribution in [1.29, 1.82) is 0 Å². The van der Waals surface area contributed by atoms with Crippen LogP contribution in [0.15, 0.2) is 78.9 Å². The van der Waals surface area contributed by atoms with E-state index in [9.17, 15) is 0 Å². The van der Waals surface area contributed by atoms with Gasteiger partial charge in [0.2, 0.25) is 0 Å². The summed E-state index contributed by atoms with van der Waals surface area (Å²) in [6.07, 6.45) is 3.55. The van der Waals surface area contributed by atoms with Crippen LogP contribution in [-0.4, -0.2) is 0 Å². The predicted octanol–water partition coefficient (Wildman–Crippen LogP) is 6.27. The largest absolute Gasteiger partial charge is 0.0751 e. The van der Waals surface area contributed by atoms with Crippen LogP contribution in [0.1, 0.15) is 34.6 Å². The van der Waals surface area contributed by atoms with Gasteiger partial charge in [-0.3, -0.25) is 0 Å². The molecule has 0 fully saturated rings. The van der Waals surface area contributed by atoms with Crippen LogP contribution in [0.5, 0.6) is 0 Å². The van der Waals surface area contributed by atoms with Crippen LogP contribution in [0.25, 0.3) is 27.1 Å². The Hall–Kier alpha value is -2.86. The summed E-state index contributed by atoms with van der Waals surface area (Å²) in [6, 6.07) is 27.2. The molecule has 1 atom stereocenters. The van der Waals surface area contributed by atoms with Crippen LogP contribution in [-0.2, 0) is 0 Å². The van der Waals surface area contributed by atoms with Gasteiger partial charge in [-0.25, -0.2) is 0 Å². The topological polar surface area (TPSA) is 0 Å². The lowest BCUT2D eigenvalue weighted by molar-refractivity contribution is 0.818. The number of hydrogen-bond acceptors (Lipinski definition) is 0. The summed E-state index contributed by atoms with van der Waals surface area (Å²) < 4.78 is 0. The molecule has 4 aromatic rings. The lowest BCUT2D eigenvalue weighted by atomic mass is 9.73. The molecule has 0 N–H and O–H groups in total. The van der Waals surface area contributed by atoms with Crippen LogP contribution in [0, 0.1) is 0 Å². The van der Waals surface area contributed by atoms with Crippen LogP contribution in [0.3, 0.4) is 0 Å². The van der Waals surface area contributed by atoms with Crippen molar-refractivity contribution < 1.29 is 0 Å². The lowest BCUT2D eigenvalue weighted by Gasteiger charge is -2.31. The van der Waals surface area contributed by atoms with E-state index in [4.69, 9.17) is 0 Å². The highest BCUT2D eigenvalue weighted by atomic mass is 14.3. The van der Waals surface area contributed by atoms with E-state index in [-0.39, 0.29) is 0 Å². The Morgan fingerprint density at radius 3 is 2.33 bits per heavy atom. The molecule has 4 bridgehead atoms. The molecule has 0 saturated carbocycles. The second-order valence-electron chi connectivity index (χ2n) is 6.98. The molecule has 0 amide bonds. The van der Waals surface area contributed by atoms with E-state index < -0.39 is 0 Å². The molecule has 5 aliphatic carbocycles. The monoisotopic (exact) mass is 304 g/mol. The van der Waals surface area contributed by atoms with Gasteiger partial charge in [-0.2, -0.15) is 0 Å². The minimum atomic E-state index is 0.475. The minimum Gasteiger partial charge on any atom is -0.0751 e. The van der Waals surface area contributed by atoms with Gasteiger partial charge in [0.1, 0.15) is 0 Å². The number of rotatable bonds is 0. The summed E-state index contributed by atoms with van der Waals surface area (Å²) in [4.78, 5) is 0. The lowest BCUT2D eigenvalue weighted by Crippen LogP contribution is -2.12. The molecule has 24 heavy (non-hydrogen) atoms. The van der Waals surface area contributed by atoms with Crippen molar-refractivity contribution in [2.45, 2.75) is 12.3 Å². The van der Waals surface area contributed by atoms with Crippen molar-refractivity contribution in [3.05, 3.63) is 101 Å². The molecule has 0 nitrogen and oxygen atoms in total. The van der Waals surface area contributed by atoms with Crippen LogP contribution in [0.4, 0.5) is 0 Å². The van der Waals surface area contributed by atoms with Crippen LogP contribution in [0.2, 0.25) is 0 Å². The maximum Gasteiger partial charge on any atom is 0.0136 e. The highest BCUT2D eigenvalue weighted by molar-refractivity contribution is 6.03. The fraction of sp³-hybridized carbons (Fsp3) is 0.0833. The average Bonchev–Trinajstić information content (AvgIpc) is 2.62. The Balaban J connectivity index is 1.78. The van der Waals surface area contributed by atoms with Crippen molar-refractivity contribution in [2.75, 3.05) is 0 Å². The predicted molar refractivity (Wildman–Crippen MR) is 101 cm³/mol. The van der Waals surface area contributed by atoms with Gasteiger partial charge in [-0.1, -0.05) is 66.7 Å². The third-order valence-electron chi connectivity index (χ3n) is 5.75. The molecule has 0 saturated heterocycles. The Kier molecular flexibility index (Phi) is 2.28. The number of benzene rings is 4. The zero-order valence-corrected chi connectivity index (χ0v) is 13.3. The molecule has 0 heteroatoms. The van der Waals surface area contributed by atoms with E-state index in [1.165, 1.54) is 49.4 Å². The smallest absolute Gasteiger partial charge is 0.0136 e. The van der Waals surface area contributed by atoms with Crippen LogP contribution < -0.4 is 0 Å². The molecule has 0 aromatic heterocycles. The number of allylic oxidation sites excluding steroid dienone is 1. The third kappa shape index (κ3) is 1.53. The first-order chi connectivity index (χ1) is 11.9. The molecule has 0 spiro atoms. The van der Waals surface area contributed by atoms with Crippen molar-refractivity contribution >= 4 is 27.1 Å². The normalized spacial score (nSPS) is 17.7. The van der Waals surface area contributed by atoms with Gasteiger partial charge in [0.25, 0.3) is 0 Å². The Bertz CT molecular complexity index is 1160. The molecule has 0 radical (unpaired) electrons. The van der Waals surface area contributed by atoms with Gasteiger partial charge < -0.3 is 0 Å². The molecule has 112 valence electrons. The summed E-state index contributed by atoms with van der Waals surface area (Å²) in [5.41, 5.74) is 7.14. The fourth-order valence-electron chi connectivity index (χ4n) is 4.58. The van der Waals surface area contributed by atoms with Crippen molar-refractivity contribution in [2.24, 2.45) is 0 Å². The van der Waals surface area contributed by atoms with Crippen molar-refractivity contribution in [3.8, 4) is 0 Å². The summed E-state index contributed by atoms with van der Waals surface area (Å²) in [5, 5.41) is 5.43. The average molecular weight is 304 g/mol. The minimum absolute atomic E-state index is 0.475. The summed E-state index contributed by atoms with van der Waals surface area (Å²) in [7, 11) is 0.